The van der Waals surface area contributed by atoms with Crippen molar-refractivity contribution in [2.45, 2.75) is 16.7 Å². The molecular weight excluding hydrogens is 324 g/mol. The first-order valence-electron chi connectivity index (χ1n) is 5.78. The number of aromatic nitrogens is 1. The molecule has 19 heavy (non-hydrogen) atoms. The minimum atomic E-state index is 0.522. The summed E-state index contributed by atoms with van der Waals surface area (Å²) in [4.78, 5) is 5.50. The maximum absolute atomic E-state index is 5.68. The summed E-state index contributed by atoms with van der Waals surface area (Å²) < 4.78 is 6.69. The number of halogens is 1. The number of hydrogen-bond acceptors (Lipinski definition) is 4. The van der Waals surface area contributed by atoms with E-state index in [0.717, 1.165) is 26.0 Å². The zero-order valence-electron chi connectivity index (χ0n) is 9.97. The van der Waals surface area contributed by atoms with Crippen molar-refractivity contribution in [3.63, 3.8) is 0 Å². The number of nitrogens with zero attached hydrogens (tertiary/aromatic N) is 1. The summed E-state index contributed by atoms with van der Waals surface area (Å²) >= 11 is 5.01. The number of hydrogen-bond donors (Lipinski definition) is 1. The number of nitrogens with two attached hydrogens (primary N) is 1. The van der Waals surface area contributed by atoms with E-state index in [0.29, 0.717) is 11.8 Å². The third-order valence-corrected chi connectivity index (χ3v) is 4.30. The molecule has 0 spiro atoms. The minimum absolute atomic E-state index is 0.522. The summed E-state index contributed by atoms with van der Waals surface area (Å²) in [7, 11) is 0. The smallest absolute Gasteiger partial charge is 0.261 e. The van der Waals surface area contributed by atoms with Gasteiger partial charge in [0.1, 0.15) is 5.52 Å². The van der Waals surface area contributed by atoms with Crippen LogP contribution in [0.5, 0.6) is 0 Å². The zero-order valence-corrected chi connectivity index (χ0v) is 12.4. The zero-order chi connectivity index (χ0) is 13.2. The fraction of sp³-hybridized carbons (Fsp3) is 0.0714. The molecule has 0 bridgehead atoms. The molecule has 0 aliphatic heterocycles. The predicted octanol–water partition coefficient (Wildman–Crippen LogP) is 4.20. The van der Waals surface area contributed by atoms with Crippen LogP contribution in [0.2, 0.25) is 0 Å². The molecule has 96 valence electrons. The normalized spacial score (nSPS) is 11.1. The van der Waals surface area contributed by atoms with Gasteiger partial charge in [0.25, 0.3) is 5.22 Å². The van der Waals surface area contributed by atoms with Gasteiger partial charge >= 0.3 is 0 Å². The molecule has 0 saturated heterocycles. The van der Waals surface area contributed by atoms with Crippen LogP contribution >= 0.6 is 27.7 Å². The molecule has 0 amide bonds. The molecule has 0 fully saturated rings. The third kappa shape index (κ3) is 2.68. The molecule has 3 rings (SSSR count). The Hall–Kier alpha value is -1.30. The lowest BCUT2D eigenvalue weighted by atomic mass is 10.2. The maximum atomic E-state index is 5.68. The molecular formula is C14H11BrN2OS. The van der Waals surface area contributed by atoms with Gasteiger partial charge in [-0.15, -0.1) is 0 Å². The largest absolute Gasteiger partial charge is 0.431 e. The monoisotopic (exact) mass is 334 g/mol. The number of para-hydroxylation sites is 2. The average molecular weight is 335 g/mol. The van der Waals surface area contributed by atoms with Crippen molar-refractivity contribution in [2.24, 2.45) is 5.73 Å². The van der Waals surface area contributed by atoms with E-state index < -0.39 is 0 Å². The quantitative estimate of drug-likeness (QED) is 0.779. The Bertz CT molecular complexity index is 693. The second-order valence-corrected chi connectivity index (χ2v) is 5.89. The molecule has 2 N–H and O–H groups in total. The van der Waals surface area contributed by atoms with Crippen LogP contribution in [-0.2, 0) is 6.54 Å². The van der Waals surface area contributed by atoms with E-state index in [1.807, 2.05) is 42.5 Å². The molecule has 0 saturated carbocycles. The molecule has 1 heterocycles. The summed E-state index contributed by atoms with van der Waals surface area (Å²) in [6, 6.07) is 13.8. The van der Waals surface area contributed by atoms with Crippen LogP contribution in [0.3, 0.4) is 0 Å². The second kappa shape index (κ2) is 5.36. The Morgan fingerprint density at radius 2 is 2.05 bits per heavy atom. The first-order valence-corrected chi connectivity index (χ1v) is 7.39. The number of oxazole rings is 1. The van der Waals surface area contributed by atoms with Crippen molar-refractivity contribution in [3.05, 3.63) is 52.5 Å². The average Bonchev–Trinajstić information content (AvgIpc) is 2.81. The van der Waals surface area contributed by atoms with Crippen molar-refractivity contribution < 1.29 is 4.42 Å². The maximum Gasteiger partial charge on any atom is 0.261 e. The molecule has 0 radical (unpaired) electrons. The Kier molecular flexibility index (Phi) is 3.59. The van der Waals surface area contributed by atoms with E-state index in [2.05, 4.69) is 20.9 Å². The molecule has 3 nitrogen and oxygen atoms in total. The Morgan fingerprint density at radius 1 is 1.21 bits per heavy atom. The van der Waals surface area contributed by atoms with Crippen LogP contribution in [0.15, 0.2) is 61.5 Å². The second-order valence-electron chi connectivity index (χ2n) is 4.01. The van der Waals surface area contributed by atoms with Gasteiger partial charge in [-0.25, -0.2) is 4.98 Å². The van der Waals surface area contributed by atoms with E-state index in [9.17, 15) is 0 Å². The lowest BCUT2D eigenvalue weighted by Crippen LogP contribution is -1.96. The summed E-state index contributed by atoms with van der Waals surface area (Å²) in [5, 5.41) is 0.647. The molecule has 0 atom stereocenters. The van der Waals surface area contributed by atoms with Crippen LogP contribution in [-0.4, -0.2) is 4.98 Å². The highest BCUT2D eigenvalue weighted by Gasteiger charge is 2.08. The molecule has 1 aromatic heterocycles. The van der Waals surface area contributed by atoms with Crippen LogP contribution in [0.1, 0.15) is 5.56 Å². The first kappa shape index (κ1) is 12.7. The molecule has 5 heteroatoms. The lowest BCUT2D eigenvalue weighted by molar-refractivity contribution is 0.489. The van der Waals surface area contributed by atoms with Crippen LogP contribution < -0.4 is 5.73 Å². The Balaban J connectivity index is 1.90. The fourth-order valence-electron chi connectivity index (χ4n) is 1.75. The van der Waals surface area contributed by atoms with Crippen molar-refractivity contribution in [1.82, 2.24) is 4.98 Å². The highest BCUT2D eigenvalue weighted by Crippen LogP contribution is 2.32. The molecule has 0 aliphatic carbocycles. The van der Waals surface area contributed by atoms with Gasteiger partial charge in [0.2, 0.25) is 0 Å². The predicted molar refractivity (Wildman–Crippen MR) is 80.2 cm³/mol. The van der Waals surface area contributed by atoms with Crippen LogP contribution in [0.4, 0.5) is 0 Å². The van der Waals surface area contributed by atoms with Gasteiger partial charge in [-0.1, -0.05) is 34.1 Å². The number of rotatable bonds is 3. The molecule has 3 aromatic rings. The van der Waals surface area contributed by atoms with Crippen molar-refractivity contribution in [3.8, 4) is 0 Å². The number of fused-ring (bicyclic) bond motifs is 1. The SMILES string of the molecule is NCc1ccc(Sc2nc3ccccc3o2)cc1Br. The van der Waals surface area contributed by atoms with Gasteiger partial charge in [-0.3, -0.25) is 0 Å². The van der Waals surface area contributed by atoms with Crippen LogP contribution in [0, 0.1) is 0 Å². The van der Waals surface area contributed by atoms with E-state index in [1.165, 1.54) is 11.8 Å². The van der Waals surface area contributed by atoms with E-state index in [4.69, 9.17) is 10.2 Å². The summed E-state index contributed by atoms with van der Waals surface area (Å²) in [5.41, 5.74) is 8.41. The standard InChI is InChI=1S/C14H11BrN2OS/c15-11-7-10(6-5-9(11)8-16)19-14-17-12-3-1-2-4-13(12)18-14/h1-7H,8,16H2. The van der Waals surface area contributed by atoms with Gasteiger partial charge in [-0.05, 0) is 41.6 Å². The Morgan fingerprint density at radius 3 is 2.79 bits per heavy atom. The summed E-state index contributed by atoms with van der Waals surface area (Å²) in [5.74, 6) is 0. The fourth-order valence-corrected chi connectivity index (χ4v) is 3.23. The first-order chi connectivity index (χ1) is 9.26. The van der Waals surface area contributed by atoms with E-state index in [1.54, 1.807) is 0 Å². The molecule has 2 aromatic carbocycles. The highest BCUT2D eigenvalue weighted by molar-refractivity contribution is 9.10. The van der Waals surface area contributed by atoms with Crippen molar-refractivity contribution in [1.29, 1.82) is 0 Å². The van der Waals surface area contributed by atoms with Crippen molar-refractivity contribution in [2.75, 3.05) is 0 Å². The van der Waals surface area contributed by atoms with Gasteiger partial charge in [0.15, 0.2) is 5.58 Å². The van der Waals surface area contributed by atoms with Gasteiger partial charge < -0.3 is 10.2 Å². The number of benzene rings is 2. The van der Waals surface area contributed by atoms with Crippen LogP contribution in [0.25, 0.3) is 11.1 Å². The molecule has 0 aliphatic rings. The van der Waals surface area contributed by atoms with Gasteiger partial charge in [-0.2, -0.15) is 0 Å². The molecule has 0 unspecified atom stereocenters. The minimum Gasteiger partial charge on any atom is -0.431 e. The lowest BCUT2D eigenvalue weighted by Gasteiger charge is -2.03. The summed E-state index contributed by atoms with van der Waals surface area (Å²) in [6.45, 7) is 0.522. The highest BCUT2D eigenvalue weighted by atomic mass is 79.9. The summed E-state index contributed by atoms with van der Waals surface area (Å²) in [6.07, 6.45) is 0. The van der Waals surface area contributed by atoms with Gasteiger partial charge in [0, 0.05) is 15.9 Å². The van der Waals surface area contributed by atoms with E-state index >= 15 is 0 Å². The topological polar surface area (TPSA) is 52.0 Å². The van der Waals surface area contributed by atoms with E-state index in [-0.39, 0.29) is 0 Å². The van der Waals surface area contributed by atoms with Gasteiger partial charge in [0.05, 0.1) is 0 Å². The van der Waals surface area contributed by atoms with Crippen molar-refractivity contribution >= 4 is 38.8 Å². The Labute approximate surface area is 123 Å². The third-order valence-electron chi connectivity index (χ3n) is 2.72.